The Labute approximate surface area is 116 Å². The van der Waals surface area contributed by atoms with Gasteiger partial charge in [-0.3, -0.25) is 0 Å². The Morgan fingerprint density at radius 2 is 2.00 bits per heavy atom. The van der Waals surface area contributed by atoms with Crippen LogP contribution in [0, 0.1) is 11.8 Å². The van der Waals surface area contributed by atoms with Gasteiger partial charge in [-0.15, -0.1) is 0 Å². The summed E-state index contributed by atoms with van der Waals surface area (Å²) in [4.78, 5) is 4.57. The highest BCUT2D eigenvalue weighted by Gasteiger charge is 2.27. The van der Waals surface area contributed by atoms with E-state index in [-0.39, 0.29) is 0 Å². The summed E-state index contributed by atoms with van der Waals surface area (Å²) in [6.45, 7) is 5.66. The van der Waals surface area contributed by atoms with Crippen LogP contribution in [0.4, 0.5) is 0 Å². The van der Waals surface area contributed by atoms with Gasteiger partial charge in [0.1, 0.15) is 0 Å². The van der Waals surface area contributed by atoms with Crippen LogP contribution in [0.15, 0.2) is 4.52 Å². The van der Waals surface area contributed by atoms with Crippen LogP contribution >= 0.6 is 0 Å². The number of aryl methyl sites for hydroxylation is 1. The van der Waals surface area contributed by atoms with Crippen LogP contribution in [-0.4, -0.2) is 23.7 Å². The molecule has 1 saturated carbocycles. The summed E-state index contributed by atoms with van der Waals surface area (Å²) in [6.07, 6.45) is 7.00. The second kappa shape index (κ2) is 7.04. The second-order valence-electron chi connectivity index (χ2n) is 6.11. The summed E-state index contributed by atoms with van der Waals surface area (Å²) < 4.78 is 5.35. The summed E-state index contributed by atoms with van der Waals surface area (Å²) >= 11 is 0. The van der Waals surface area contributed by atoms with Crippen LogP contribution in [0.25, 0.3) is 0 Å². The molecular weight excluding hydrogens is 238 g/mol. The molecule has 2 rings (SSSR count). The van der Waals surface area contributed by atoms with E-state index in [2.05, 4.69) is 29.3 Å². The Morgan fingerprint density at radius 1 is 1.26 bits per heavy atom. The molecule has 0 bridgehead atoms. The molecule has 0 atom stereocenters. The molecule has 0 radical (unpaired) electrons. The smallest absolute Gasteiger partial charge is 0.226 e. The lowest BCUT2D eigenvalue weighted by Crippen LogP contribution is -2.18. The van der Waals surface area contributed by atoms with E-state index in [4.69, 9.17) is 4.52 Å². The quantitative estimate of drug-likeness (QED) is 0.803. The van der Waals surface area contributed by atoms with E-state index in [0.717, 1.165) is 42.9 Å². The zero-order valence-corrected chi connectivity index (χ0v) is 12.5. The predicted molar refractivity (Wildman–Crippen MR) is 76.1 cm³/mol. The maximum atomic E-state index is 5.35. The van der Waals surface area contributed by atoms with Crippen molar-refractivity contribution in [3.05, 3.63) is 11.7 Å². The van der Waals surface area contributed by atoms with Crippen molar-refractivity contribution >= 4 is 0 Å². The Hall–Kier alpha value is -0.900. The van der Waals surface area contributed by atoms with Crippen LogP contribution in [0.1, 0.15) is 63.6 Å². The normalized spacial score (nSPS) is 24.0. The maximum Gasteiger partial charge on any atom is 0.226 e. The molecule has 0 amide bonds. The molecule has 0 unspecified atom stereocenters. The summed E-state index contributed by atoms with van der Waals surface area (Å²) in [5.74, 6) is 3.97. The summed E-state index contributed by atoms with van der Waals surface area (Å²) in [6, 6.07) is 0. The standard InChI is InChI=1S/C15H27N3O/c1-11(2)12-6-8-13(9-7-12)15-17-14(19-18-15)5-4-10-16-3/h11-13,16H,4-10H2,1-3H3. The zero-order chi connectivity index (χ0) is 13.7. The molecule has 0 saturated heterocycles. The van der Waals surface area contributed by atoms with Crippen molar-refractivity contribution in [2.24, 2.45) is 11.8 Å². The first-order valence-electron chi connectivity index (χ1n) is 7.67. The van der Waals surface area contributed by atoms with E-state index < -0.39 is 0 Å². The fraction of sp³-hybridized carbons (Fsp3) is 0.867. The second-order valence-corrected chi connectivity index (χ2v) is 6.11. The average Bonchev–Trinajstić information content (AvgIpc) is 2.88. The van der Waals surface area contributed by atoms with E-state index in [1.54, 1.807) is 0 Å². The molecular formula is C15H27N3O. The number of nitrogens with zero attached hydrogens (tertiary/aromatic N) is 2. The van der Waals surface area contributed by atoms with Gasteiger partial charge in [0.25, 0.3) is 0 Å². The average molecular weight is 265 g/mol. The van der Waals surface area contributed by atoms with Crippen molar-refractivity contribution in [1.82, 2.24) is 15.5 Å². The lowest BCUT2D eigenvalue weighted by Gasteiger charge is -2.29. The Bertz CT molecular complexity index is 367. The van der Waals surface area contributed by atoms with Gasteiger partial charge in [-0.25, -0.2) is 0 Å². The van der Waals surface area contributed by atoms with Gasteiger partial charge in [0.15, 0.2) is 5.82 Å². The number of nitrogens with one attached hydrogen (secondary N) is 1. The largest absolute Gasteiger partial charge is 0.339 e. The lowest BCUT2D eigenvalue weighted by atomic mass is 9.77. The van der Waals surface area contributed by atoms with Crippen molar-refractivity contribution in [1.29, 1.82) is 0 Å². The summed E-state index contributed by atoms with van der Waals surface area (Å²) in [5.41, 5.74) is 0. The first kappa shape index (κ1) is 14.5. The zero-order valence-electron chi connectivity index (χ0n) is 12.5. The minimum Gasteiger partial charge on any atom is -0.339 e. The monoisotopic (exact) mass is 265 g/mol. The highest BCUT2D eigenvalue weighted by molar-refractivity contribution is 4.98. The summed E-state index contributed by atoms with van der Waals surface area (Å²) in [7, 11) is 1.96. The molecule has 0 aromatic carbocycles. The van der Waals surface area contributed by atoms with Gasteiger partial charge >= 0.3 is 0 Å². The fourth-order valence-electron chi connectivity index (χ4n) is 3.00. The molecule has 108 valence electrons. The third-order valence-corrected chi connectivity index (χ3v) is 4.38. The highest BCUT2D eigenvalue weighted by Crippen LogP contribution is 2.37. The van der Waals surface area contributed by atoms with Crippen LogP contribution in [0.2, 0.25) is 0 Å². The Morgan fingerprint density at radius 3 is 2.63 bits per heavy atom. The van der Waals surface area contributed by atoms with Gasteiger partial charge in [-0.1, -0.05) is 19.0 Å². The van der Waals surface area contributed by atoms with E-state index in [9.17, 15) is 0 Å². The number of hydrogen-bond donors (Lipinski definition) is 1. The van der Waals surface area contributed by atoms with Gasteiger partial charge in [0.2, 0.25) is 5.89 Å². The van der Waals surface area contributed by atoms with Crippen LogP contribution in [-0.2, 0) is 6.42 Å². The fourth-order valence-corrected chi connectivity index (χ4v) is 3.00. The van der Waals surface area contributed by atoms with Crippen molar-refractivity contribution < 1.29 is 4.52 Å². The Balaban J connectivity index is 1.82. The summed E-state index contributed by atoms with van der Waals surface area (Å²) in [5, 5.41) is 7.32. The first-order valence-corrected chi connectivity index (χ1v) is 7.67. The predicted octanol–water partition coefficient (Wildman–Crippen LogP) is 3.15. The molecule has 1 aliphatic carbocycles. The molecule has 1 fully saturated rings. The third-order valence-electron chi connectivity index (χ3n) is 4.38. The number of hydrogen-bond acceptors (Lipinski definition) is 4. The van der Waals surface area contributed by atoms with Crippen molar-refractivity contribution in [2.45, 2.75) is 58.3 Å². The number of rotatable bonds is 6. The van der Waals surface area contributed by atoms with Gasteiger partial charge in [0, 0.05) is 12.3 Å². The molecule has 4 heteroatoms. The first-order chi connectivity index (χ1) is 9.20. The lowest BCUT2D eigenvalue weighted by molar-refractivity contribution is 0.251. The minimum absolute atomic E-state index is 0.525. The molecule has 1 aromatic rings. The molecule has 4 nitrogen and oxygen atoms in total. The van der Waals surface area contributed by atoms with E-state index >= 15 is 0 Å². The van der Waals surface area contributed by atoms with Crippen LogP contribution in [0.3, 0.4) is 0 Å². The molecule has 1 aliphatic rings. The number of aromatic nitrogens is 2. The van der Waals surface area contributed by atoms with Crippen LogP contribution < -0.4 is 5.32 Å². The van der Waals surface area contributed by atoms with Crippen LogP contribution in [0.5, 0.6) is 0 Å². The van der Waals surface area contributed by atoms with E-state index in [1.807, 2.05) is 7.05 Å². The van der Waals surface area contributed by atoms with E-state index in [1.165, 1.54) is 25.7 Å². The van der Waals surface area contributed by atoms with Gasteiger partial charge in [-0.05, 0) is 57.5 Å². The van der Waals surface area contributed by atoms with Crippen molar-refractivity contribution in [3.63, 3.8) is 0 Å². The van der Waals surface area contributed by atoms with Crippen molar-refractivity contribution in [2.75, 3.05) is 13.6 Å². The third kappa shape index (κ3) is 4.03. The molecule has 0 spiro atoms. The van der Waals surface area contributed by atoms with Gasteiger partial charge in [-0.2, -0.15) is 4.98 Å². The minimum atomic E-state index is 0.525. The molecule has 1 N–H and O–H groups in total. The molecule has 19 heavy (non-hydrogen) atoms. The topological polar surface area (TPSA) is 51.0 Å². The highest BCUT2D eigenvalue weighted by atomic mass is 16.5. The van der Waals surface area contributed by atoms with Gasteiger partial charge < -0.3 is 9.84 Å². The van der Waals surface area contributed by atoms with Crippen molar-refractivity contribution in [3.8, 4) is 0 Å². The van der Waals surface area contributed by atoms with E-state index in [0.29, 0.717) is 5.92 Å². The Kier molecular flexibility index (Phi) is 5.37. The molecule has 1 aromatic heterocycles. The maximum absolute atomic E-state index is 5.35. The van der Waals surface area contributed by atoms with Gasteiger partial charge in [0.05, 0.1) is 0 Å². The SMILES string of the molecule is CNCCCc1nc(C2CCC(C(C)C)CC2)no1. The molecule has 0 aliphatic heterocycles. The molecule has 1 heterocycles.